The standard InChI is InChI=1S/C14H18ClNO2/c1-14(8-2-10-18-14)13(17)16-12-5-3-11(4-6-12)7-9-15/h3-6H,2,7-10H2,1H3,(H,16,17). The maximum atomic E-state index is 12.1. The van der Waals surface area contributed by atoms with Gasteiger partial charge in [0.2, 0.25) is 0 Å². The summed E-state index contributed by atoms with van der Waals surface area (Å²) in [6.07, 6.45) is 2.57. The normalized spacial score (nSPS) is 23.0. The average molecular weight is 268 g/mol. The first-order valence-electron chi connectivity index (χ1n) is 6.24. The van der Waals surface area contributed by atoms with Crippen LogP contribution in [0.2, 0.25) is 0 Å². The number of benzene rings is 1. The molecule has 1 heterocycles. The van der Waals surface area contributed by atoms with E-state index in [1.54, 1.807) is 0 Å². The molecule has 4 heteroatoms. The van der Waals surface area contributed by atoms with Crippen LogP contribution in [0.15, 0.2) is 24.3 Å². The van der Waals surface area contributed by atoms with Crippen molar-refractivity contribution in [1.82, 2.24) is 0 Å². The van der Waals surface area contributed by atoms with Crippen LogP contribution in [-0.4, -0.2) is 24.0 Å². The van der Waals surface area contributed by atoms with E-state index in [2.05, 4.69) is 5.32 Å². The number of rotatable bonds is 4. The van der Waals surface area contributed by atoms with E-state index in [-0.39, 0.29) is 5.91 Å². The molecule has 3 nitrogen and oxygen atoms in total. The van der Waals surface area contributed by atoms with E-state index in [1.807, 2.05) is 31.2 Å². The summed E-state index contributed by atoms with van der Waals surface area (Å²) >= 11 is 5.68. The number of carbonyl (C=O) groups excluding carboxylic acids is 1. The summed E-state index contributed by atoms with van der Waals surface area (Å²) in [5, 5.41) is 2.90. The van der Waals surface area contributed by atoms with Gasteiger partial charge in [-0.2, -0.15) is 0 Å². The third-order valence-corrected chi connectivity index (χ3v) is 3.48. The lowest BCUT2D eigenvalue weighted by atomic mass is 10.0. The molecule has 1 aliphatic heterocycles. The molecule has 1 N–H and O–H groups in total. The molecule has 0 aliphatic carbocycles. The van der Waals surface area contributed by atoms with Gasteiger partial charge in [0.1, 0.15) is 5.60 Å². The quantitative estimate of drug-likeness (QED) is 0.852. The molecule has 98 valence electrons. The van der Waals surface area contributed by atoms with Gasteiger partial charge >= 0.3 is 0 Å². The lowest BCUT2D eigenvalue weighted by Gasteiger charge is -2.21. The minimum absolute atomic E-state index is 0.0647. The number of carbonyl (C=O) groups is 1. The van der Waals surface area contributed by atoms with Gasteiger partial charge in [-0.05, 0) is 43.9 Å². The van der Waals surface area contributed by atoms with Gasteiger partial charge in [0, 0.05) is 18.2 Å². The van der Waals surface area contributed by atoms with E-state index in [1.165, 1.54) is 5.56 Å². The number of halogens is 1. The van der Waals surface area contributed by atoms with Crippen LogP contribution in [0.3, 0.4) is 0 Å². The average Bonchev–Trinajstić information content (AvgIpc) is 2.80. The largest absolute Gasteiger partial charge is 0.365 e. The van der Waals surface area contributed by atoms with E-state index in [0.717, 1.165) is 24.9 Å². The lowest BCUT2D eigenvalue weighted by Crippen LogP contribution is -2.39. The Balaban J connectivity index is 1.98. The molecule has 1 aromatic rings. The fourth-order valence-electron chi connectivity index (χ4n) is 2.09. The predicted octanol–water partition coefficient (Wildman–Crippen LogP) is 2.98. The van der Waals surface area contributed by atoms with Crippen LogP contribution in [0.25, 0.3) is 0 Å². The Hall–Kier alpha value is -1.06. The van der Waals surface area contributed by atoms with Crippen molar-refractivity contribution in [1.29, 1.82) is 0 Å². The zero-order valence-corrected chi connectivity index (χ0v) is 11.3. The van der Waals surface area contributed by atoms with E-state index in [0.29, 0.717) is 12.5 Å². The Morgan fingerprint density at radius 2 is 2.17 bits per heavy atom. The fourth-order valence-corrected chi connectivity index (χ4v) is 2.30. The summed E-state index contributed by atoms with van der Waals surface area (Å²) in [6.45, 7) is 2.51. The molecule has 0 saturated carbocycles. The van der Waals surface area contributed by atoms with Gasteiger partial charge in [0.05, 0.1) is 0 Å². The van der Waals surface area contributed by atoms with Crippen LogP contribution in [0.1, 0.15) is 25.3 Å². The third kappa shape index (κ3) is 3.03. The van der Waals surface area contributed by atoms with Crippen molar-refractivity contribution in [3.05, 3.63) is 29.8 Å². The Morgan fingerprint density at radius 1 is 1.44 bits per heavy atom. The van der Waals surface area contributed by atoms with Crippen LogP contribution < -0.4 is 5.32 Å². The second kappa shape index (κ2) is 5.72. The van der Waals surface area contributed by atoms with Gasteiger partial charge < -0.3 is 10.1 Å². The maximum Gasteiger partial charge on any atom is 0.256 e. The predicted molar refractivity (Wildman–Crippen MR) is 73.1 cm³/mol. The highest BCUT2D eigenvalue weighted by atomic mass is 35.5. The van der Waals surface area contributed by atoms with E-state index in [4.69, 9.17) is 16.3 Å². The summed E-state index contributed by atoms with van der Waals surface area (Å²) in [7, 11) is 0. The molecule has 1 fully saturated rings. The number of nitrogens with one attached hydrogen (secondary N) is 1. The zero-order valence-electron chi connectivity index (χ0n) is 10.5. The first-order valence-corrected chi connectivity index (χ1v) is 6.78. The summed E-state index contributed by atoms with van der Waals surface area (Å²) < 4.78 is 5.51. The number of anilines is 1. The Morgan fingerprint density at radius 3 is 2.72 bits per heavy atom. The van der Waals surface area contributed by atoms with Crippen molar-refractivity contribution in [2.75, 3.05) is 17.8 Å². The number of alkyl halides is 1. The maximum absolute atomic E-state index is 12.1. The lowest BCUT2D eigenvalue weighted by molar-refractivity contribution is -0.133. The van der Waals surface area contributed by atoms with E-state index >= 15 is 0 Å². The molecule has 1 aliphatic rings. The number of amides is 1. The molecule has 0 radical (unpaired) electrons. The SMILES string of the molecule is CC1(C(=O)Nc2ccc(CCCl)cc2)CCCO1. The summed E-state index contributed by atoms with van der Waals surface area (Å²) in [5.74, 6) is 0.544. The molecule has 0 aromatic heterocycles. The van der Waals surface area contributed by atoms with Gasteiger partial charge in [0.25, 0.3) is 5.91 Å². The first kappa shape index (κ1) is 13.4. The monoisotopic (exact) mass is 267 g/mol. The van der Waals surface area contributed by atoms with Crippen LogP contribution in [-0.2, 0) is 16.0 Å². The van der Waals surface area contributed by atoms with Crippen LogP contribution in [0, 0.1) is 0 Å². The Labute approximate surface area is 112 Å². The van der Waals surface area contributed by atoms with Crippen molar-refractivity contribution in [3.8, 4) is 0 Å². The number of hydrogen-bond donors (Lipinski definition) is 1. The van der Waals surface area contributed by atoms with Gasteiger partial charge in [-0.1, -0.05) is 12.1 Å². The van der Waals surface area contributed by atoms with Crippen molar-refractivity contribution in [2.45, 2.75) is 31.8 Å². The summed E-state index contributed by atoms with van der Waals surface area (Å²) in [6, 6.07) is 7.77. The van der Waals surface area contributed by atoms with Crippen LogP contribution in [0.4, 0.5) is 5.69 Å². The minimum atomic E-state index is -0.672. The molecule has 2 rings (SSSR count). The molecule has 1 aromatic carbocycles. The highest BCUT2D eigenvalue weighted by Gasteiger charge is 2.37. The van der Waals surface area contributed by atoms with E-state index < -0.39 is 5.60 Å². The number of aryl methyl sites for hydroxylation is 1. The second-order valence-corrected chi connectivity index (χ2v) is 5.15. The summed E-state index contributed by atoms with van der Waals surface area (Å²) in [4.78, 5) is 12.1. The van der Waals surface area contributed by atoms with Crippen molar-refractivity contribution >= 4 is 23.2 Å². The van der Waals surface area contributed by atoms with Crippen molar-refractivity contribution in [2.24, 2.45) is 0 Å². The third-order valence-electron chi connectivity index (χ3n) is 3.29. The van der Waals surface area contributed by atoms with Gasteiger partial charge in [-0.15, -0.1) is 11.6 Å². The molecular weight excluding hydrogens is 250 g/mol. The van der Waals surface area contributed by atoms with Crippen LogP contribution >= 0.6 is 11.6 Å². The van der Waals surface area contributed by atoms with Crippen LogP contribution in [0.5, 0.6) is 0 Å². The number of ether oxygens (including phenoxy) is 1. The minimum Gasteiger partial charge on any atom is -0.365 e. The molecule has 1 unspecified atom stereocenters. The molecule has 18 heavy (non-hydrogen) atoms. The Kier molecular flexibility index (Phi) is 4.25. The Bertz CT molecular complexity index is 410. The zero-order chi connectivity index (χ0) is 13.0. The topological polar surface area (TPSA) is 38.3 Å². The molecule has 1 amide bonds. The first-order chi connectivity index (χ1) is 8.64. The van der Waals surface area contributed by atoms with Crippen molar-refractivity contribution < 1.29 is 9.53 Å². The van der Waals surface area contributed by atoms with Crippen molar-refractivity contribution in [3.63, 3.8) is 0 Å². The number of hydrogen-bond acceptors (Lipinski definition) is 2. The molecule has 0 spiro atoms. The highest BCUT2D eigenvalue weighted by molar-refractivity contribution is 6.18. The molecule has 1 atom stereocenters. The molecule has 0 bridgehead atoms. The van der Waals surface area contributed by atoms with E-state index in [9.17, 15) is 4.79 Å². The molecular formula is C14H18ClNO2. The van der Waals surface area contributed by atoms with Gasteiger partial charge in [-0.3, -0.25) is 4.79 Å². The second-order valence-electron chi connectivity index (χ2n) is 4.77. The highest BCUT2D eigenvalue weighted by Crippen LogP contribution is 2.26. The van der Waals surface area contributed by atoms with Gasteiger partial charge in [0.15, 0.2) is 0 Å². The van der Waals surface area contributed by atoms with Gasteiger partial charge in [-0.25, -0.2) is 0 Å². The smallest absolute Gasteiger partial charge is 0.256 e. The summed E-state index contributed by atoms with van der Waals surface area (Å²) in [5.41, 5.74) is 1.30. The molecule has 1 saturated heterocycles. The fraction of sp³-hybridized carbons (Fsp3) is 0.500.